The summed E-state index contributed by atoms with van der Waals surface area (Å²) in [5.41, 5.74) is 0.456. The maximum atomic E-state index is 12.9. The van der Waals surface area contributed by atoms with Gasteiger partial charge in [-0.2, -0.15) is 0 Å². The molecular formula is C19H27FO3. The fraction of sp³-hybridized carbons (Fsp3) is 0.632. The number of carbonyl (C=O) groups excluding carboxylic acids is 1. The molecule has 0 spiro atoms. The number of carbonyl (C=O) groups is 1. The minimum atomic E-state index is -0.694. The molecule has 0 bridgehead atoms. The van der Waals surface area contributed by atoms with E-state index in [9.17, 15) is 9.18 Å². The highest BCUT2D eigenvalue weighted by molar-refractivity contribution is 5.82. The van der Waals surface area contributed by atoms with Crippen LogP contribution in [0.4, 0.5) is 4.39 Å². The summed E-state index contributed by atoms with van der Waals surface area (Å²) in [5.74, 6) is 0.487. The number of hydrogen-bond donors (Lipinski definition) is 0. The number of esters is 1. The molecule has 2 rings (SSSR count). The van der Waals surface area contributed by atoms with Gasteiger partial charge < -0.3 is 9.47 Å². The van der Waals surface area contributed by atoms with E-state index in [1.54, 1.807) is 0 Å². The van der Waals surface area contributed by atoms with E-state index in [0.29, 0.717) is 25.0 Å². The van der Waals surface area contributed by atoms with Crippen LogP contribution in [0.1, 0.15) is 45.6 Å². The van der Waals surface area contributed by atoms with Crippen molar-refractivity contribution in [1.82, 2.24) is 0 Å². The van der Waals surface area contributed by atoms with Gasteiger partial charge in [-0.15, -0.1) is 0 Å². The average molecular weight is 322 g/mol. The van der Waals surface area contributed by atoms with Crippen LogP contribution in [0.25, 0.3) is 0 Å². The Balaban J connectivity index is 1.84. The smallest absolute Gasteiger partial charge is 0.340 e. The summed E-state index contributed by atoms with van der Waals surface area (Å²) in [7, 11) is 0. The first-order valence-electron chi connectivity index (χ1n) is 8.52. The van der Waals surface area contributed by atoms with Gasteiger partial charge in [-0.05, 0) is 62.1 Å². The minimum Gasteiger partial charge on any atom is -0.464 e. The number of halogens is 1. The predicted molar refractivity (Wildman–Crippen MR) is 87.6 cm³/mol. The molecule has 4 heteroatoms. The van der Waals surface area contributed by atoms with Crippen molar-refractivity contribution in [2.75, 3.05) is 13.2 Å². The second-order valence-corrected chi connectivity index (χ2v) is 6.73. The average Bonchev–Trinajstić information content (AvgIpc) is 3.29. The molecule has 3 nitrogen and oxygen atoms in total. The van der Waals surface area contributed by atoms with E-state index in [-0.39, 0.29) is 11.8 Å². The maximum absolute atomic E-state index is 12.9. The predicted octanol–water partition coefficient (Wildman–Crippen LogP) is 4.14. The number of benzene rings is 1. The topological polar surface area (TPSA) is 38.8 Å². The zero-order valence-corrected chi connectivity index (χ0v) is 14.3. The molecule has 1 fully saturated rings. The van der Waals surface area contributed by atoms with Crippen LogP contribution in [0, 0.1) is 17.7 Å². The minimum absolute atomic E-state index is 0.198. The second-order valence-electron chi connectivity index (χ2n) is 6.73. The van der Waals surface area contributed by atoms with E-state index in [1.165, 1.54) is 12.1 Å². The highest BCUT2D eigenvalue weighted by Gasteiger charge is 2.54. The largest absolute Gasteiger partial charge is 0.464 e. The second kappa shape index (κ2) is 7.91. The Hall–Kier alpha value is -1.42. The number of rotatable bonds is 9. The Labute approximate surface area is 138 Å². The molecule has 0 aromatic heterocycles. The molecule has 1 aliphatic heterocycles. The molecule has 1 aliphatic rings. The highest BCUT2D eigenvalue weighted by atomic mass is 19.1. The Morgan fingerprint density at radius 2 is 2.00 bits per heavy atom. The molecule has 0 radical (unpaired) electrons. The molecule has 0 N–H and O–H groups in total. The summed E-state index contributed by atoms with van der Waals surface area (Å²) in [4.78, 5) is 12.0. The zero-order chi connectivity index (χ0) is 16.9. The molecule has 0 aliphatic carbocycles. The van der Waals surface area contributed by atoms with Crippen molar-refractivity contribution in [3.8, 4) is 0 Å². The van der Waals surface area contributed by atoms with Gasteiger partial charge in [-0.25, -0.2) is 9.18 Å². The van der Waals surface area contributed by atoms with Crippen LogP contribution >= 0.6 is 0 Å². The third-order valence-corrected chi connectivity index (χ3v) is 4.63. The van der Waals surface area contributed by atoms with Gasteiger partial charge in [0.2, 0.25) is 0 Å². The Morgan fingerprint density at radius 1 is 1.35 bits per heavy atom. The summed E-state index contributed by atoms with van der Waals surface area (Å²) >= 11 is 0. The molecule has 1 aromatic carbocycles. The normalized spacial score (nSPS) is 21.3. The first-order valence-corrected chi connectivity index (χ1v) is 8.52. The van der Waals surface area contributed by atoms with Crippen LogP contribution in [0.3, 0.4) is 0 Å². The van der Waals surface area contributed by atoms with Crippen molar-refractivity contribution in [1.29, 1.82) is 0 Å². The third kappa shape index (κ3) is 5.03. The van der Waals surface area contributed by atoms with Crippen LogP contribution in [0.5, 0.6) is 0 Å². The van der Waals surface area contributed by atoms with Gasteiger partial charge in [-0.1, -0.05) is 26.0 Å². The number of aryl methyl sites for hydroxylation is 1. The molecule has 0 saturated carbocycles. The van der Waals surface area contributed by atoms with Crippen molar-refractivity contribution in [2.24, 2.45) is 11.8 Å². The van der Waals surface area contributed by atoms with Gasteiger partial charge in [-0.3, -0.25) is 0 Å². The SMILES string of the molecule is CCOC(=O)C1(CC(CCCc2ccc(F)cc2)C(C)C)CO1. The summed E-state index contributed by atoms with van der Waals surface area (Å²) in [6.45, 7) is 7.05. The maximum Gasteiger partial charge on any atom is 0.340 e. The molecule has 1 aromatic rings. The fourth-order valence-corrected chi connectivity index (χ4v) is 2.98. The van der Waals surface area contributed by atoms with Crippen molar-refractivity contribution in [3.05, 3.63) is 35.6 Å². The van der Waals surface area contributed by atoms with Gasteiger partial charge in [0.05, 0.1) is 13.2 Å². The third-order valence-electron chi connectivity index (χ3n) is 4.63. The number of epoxide rings is 1. The lowest BCUT2D eigenvalue weighted by atomic mass is 9.82. The van der Waals surface area contributed by atoms with Crippen LogP contribution in [-0.4, -0.2) is 24.8 Å². The van der Waals surface area contributed by atoms with Crippen molar-refractivity contribution in [3.63, 3.8) is 0 Å². The van der Waals surface area contributed by atoms with Crippen LogP contribution in [0.2, 0.25) is 0 Å². The summed E-state index contributed by atoms with van der Waals surface area (Å²) in [6.07, 6.45) is 3.70. The molecule has 128 valence electrons. The monoisotopic (exact) mass is 322 g/mol. The van der Waals surface area contributed by atoms with Crippen molar-refractivity contribution >= 4 is 5.97 Å². The lowest BCUT2D eigenvalue weighted by molar-refractivity contribution is -0.150. The first-order chi connectivity index (χ1) is 11.0. The van der Waals surface area contributed by atoms with E-state index < -0.39 is 5.60 Å². The van der Waals surface area contributed by atoms with Crippen LogP contribution in [-0.2, 0) is 20.7 Å². The zero-order valence-electron chi connectivity index (χ0n) is 14.3. The lowest BCUT2D eigenvalue weighted by Crippen LogP contribution is -2.31. The van der Waals surface area contributed by atoms with Crippen LogP contribution in [0.15, 0.2) is 24.3 Å². The molecule has 0 amide bonds. The van der Waals surface area contributed by atoms with E-state index >= 15 is 0 Å². The first kappa shape index (κ1) is 17.9. The van der Waals surface area contributed by atoms with E-state index in [1.807, 2.05) is 19.1 Å². The molecule has 1 saturated heterocycles. The standard InChI is InChI=1S/C19H27FO3/c1-4-22-18(21)19(13-23-19)12-16(14(2)3)7-5-6-15-8-10-17(20)11-9-15/h8-11,14,16H,4-7,12-13H2,1-3H3. The van der Waals surface area contributed by atoms with Gasteiger partial charge >= 0.3 is 5.97 Å². The van der Waals surface area contributed by atoms with Gasteiger partial charge in [0.15, 0.2) is 5.60 Å². The Kier molecular flexibility index (Phi) is 6.17. The molecule has 1 heterocycles. The number of hydrogen-bond acceptors (Lipinski definition) is 3. The van der Waals surface area contributed by atoms with Crippen LogP contribution < -0.4 is 0 Å². The molecule has 2 atom stereocenters. The molecule has 23 heavy (non-hydrogen) atoms. The van der Waals surface area contributed by atoms with Gasteiger partial charge in [0.25, 0.3) is 0 Å². The molecule has 2 unspecified atom stereocenters. The summed E-state index contributed by atoms with van der Waals surface area (Å²) in [6, 6.07) is 6.68. The highest BCUT2D eigenvalue weighted by Crippen LogP contribution is 2.39. The van der Waals surface area contributed by atoms with Crippen molar-refractivity contribution < 1.29 is 18.7 Å². The van der Waals surface area contributed by atoms with Crippen molar-refractivity contribution in [2.45, 2.75) is 52.1 Å². The Morgan fingerprint density at radius 3 is 2.52 bits per heavy atom. The summed E-state index contributed by atoms with van der Waals surface area (Å²) in [5, 5.41) is 0. The van der Waals surface area contributed by atoms with E-state index in [0.717, 1.165) is 31.2 Å². The fourth-order valence-electron chi connectivity index (χ4n) is 2.98. The van der Waals surface area contributed by atoms with E-state index in [2.05, 4.69) is 13.8 Å². The summed E-state index contributed by atoms with van der Waals surface area (Å²) < 4.78 is 23.5. The van der Waals surface area contributed by atoms with Gasteiger partial charge in [0.1, 0.15) is 5.82 Å². The van der Waals surface area contributed by atoms with E-state index in [4.69, 9.17) is 9.47 Å². The lowest BCUT2D eigenvalue weighted by Gasteiger charge is -2.23. The Bertz CT molecular complexity index is 506. The molecular weight excluding hydrogens is 295 g/mol. The quantitative estimate of drug-likeness (QED) is 0.506. The van der Waals surface area contributed by atoms with Gasteiger partial charge in [0, 0.05) is 0 Å². The number of ether oxygens (including phenoxy) is 2.